The molecule has 1 aliphatic heterocycles. The fourth-order valence-corrected chi connectivity index (χ4v) is 2.95. The standard InChI is InChI=1S/C17H22N4O3.ClH/c1-12-19-16(20-24-12)11-23-15-6-4-3-5-14(15)17(22)21-8-7-13(10-21)9-18-2;/h3-6,13,18H,7-11H2,1-2H3;1H. The monoisotopic (exact) mass is 366 g/mol. The van der Waals surface area contributed by atoms with E-state index in [9.17, 15) is 4.79 Å². The summed E-state index contributed by atoms with van der Waals surface area (Å²) in [7, 11) is 1.94. The quantitative estimate of drug-likeness (QED) is 0.842. The molecule has 0 spiro atoms. The highest BCUT2D eigenvalue weighted by molar-refractivity contribution is 5.97. The van der Waals surface area contributed by atoms with Crippen molar-refractivity contribution in [3.63, 3.8) is 0 Å². The second-order valence-corrected chi connectivity index (χ2v) is 5.98. The van der Waals surface area contributed by atoms with Crippen LogP contribution in [0, 0.1) is 12.8 Å². The maximum Gasteiger partial charge on any atom is 0.257 e. The van der Waals surface area contributed by atoms with E-state index in [2.05, 4.69) is 15.5 Å². The molecular formula is C17H23ClN4O3. The first kappa shape index (κ1) is 19.2. The van der Waals surface area contributed by atoms with E-state index in [-0.39, 0.29) is 24.9 Å². The molecule has 1 N–H and O–H groups in total. The van der Waals surface area contributed by atoms with Crippen LogP contribution in [0.2, 0.25) is 0 Å². The molecule has 2 aromatic rings. The van der Waals surface area contributed by atoms with Gasteiger partial charge in [-0.05, 0) is 38.1 Å². The van der Waals surface area contributed by atoms with Gasteiger partial charge in [-0.2, -0.15) is 4.98 Å². The van der Waals surface area contributed by atoms with Gasteiger partial charge in [0.1, 0.15) is 5.75 Å². The Morgan fingerprint density at radius 1 is 1.44 bits per heavy atom. The zero-order chi connectivity index (χ0) is 16.9. The predicted octanol–water partition coefficient (Wildman–Crippen LogP) is 2.06. The fourth-order valence-electron chi connectivity index (χ4n) is 2.95. The van der Waals surface area contributed by atoms with E-state index in [0.717, 1.165) is 26.1 Å². The number of carbonyl (C=O) groups excluding carboxylic acids is 1. The third-order valence-corrected chi connectivity index (χ3v) is 4.11. The molecule has 1 saturated heterocycles. The fraction of sp³-hybridized carbons (Fsp3) is 0.471. The Morgan fingerprint density at radius 3 is 2.96 bits per heavy atom. The van der Waals surface area contributed by atoms with E-state index < -0.39 is 0 Å². The molecule has 25 heavy (non-hydrogen) atoms. The Balaban J connectivity index is 0.00000225. The van der Waals surface area contributed by atoms with Crippen LogP contribution < -0.4 is 10.1 Å². The van der Waals surface area contributed by atoms with Gasteiger partial charge < -0.3 is 19.5 Å². The molecule has 1 aliphatic rings. The van der Waals surface area contributed by atoms with Crippen molar-refractivity contribution in [2.24, 2.45) is 5.92 Å². The van der Waals surface area contributed by atoms with Crippen LogP contribution in [0.5, 0.6) is 5.75 Å². The van der Waals surface area contributed by atoms with E-state index in [1.807, 2.05) is 24.1 Å². The number of hydrogen-bond acceptors (Lipinski definition) is 6. The third kappa shape index (κ3) is 4.70. The summed E-state index contributed by atoms with van der Waals surface area (Å²) < 4.78 is 10.7. The zero-order valence-electron chi connectivity index (χ0n) is 14.4. The van der Waals surface area contributed by atoms with E-state index in [4.69, 9.17) is 9.26 Å². The first-order valence-corrected chi connectivity index (χ1v) is 8.12. The van der Waals surface area contributed by atoms with Crippen LogP contribution in [0.3, 0.4) is 0 Å². The van der Waals surface area contributed by atoms with Crippen molar-refractivity contribution in [2.45, 2.75) is 20.0 Å². The van der Waals surface area contributed by atoms with Gasteiger partial charge in [0.15, 0.2) is 6.61 Å². The number of benzene rings is 1. The van der Waals surface area contributed by atoms with Gasteiger partial charge in [0.05, 0.1) is 5.56 Å². The van der Waals surface area contributed by atoms with Crippen molar-refractivity contribution in [3.8, 4) is 5.75 Å². The third-order valence-electron chi connectivity index (χ3n) is 4.11. The number of aromatic nitrogens is 2. The second-order valence-electron chi connectivity index (χ2n) is 5.98. The van der Waals surface area contributed by atoms with Crippen molar-refractivity contribution in [1.29, 1.82) is 0 Å². The van der Waals surface area contributed by atoms with Gasteiger partial charge in [-0.25, -0.2) is 0 Å². The van der Waals surface area contributed by atoms with Gasteiger partial charge >= 0.3 is 0 Å². The predicted molar refractivity (Wildman–Crippen MR) is 95.0 cm³/mol. The Labute approximate surface area is 153 Å². The minimum atomic E-state index is 0. The Kier molecular flexibility index (Phi) is 6.78. The van der Waals surface area contributed by atoms with E-state index in [1.165, 1.54) is 0 Å². The molecule has 1 unspecified atom stereocenters. The highest BCUT2D eigenvalue weighted by Gasteiger charge is 2.28. The molecule has 1 aromatic carbocycles. The summed E-state index contributed by atoms with van der Waals surface area (Å²) in [6, 6.07) is 7.28. The SMILES string of the molecule is CNCC1CCN(C(=O)c2ccccc2OCc2noc(C)n2)C1.Cl. The average molecular weight is 367 g/mol. The van der Waals surface area contributed by atoms with Gasteiger partial charge in [-0.1, -0.05) is 17.3 Å². The molecule has 136 valence electrons. The molecule has 0 saturated carbocycles. The number of hydrogen-bond donors (Lipinski definition) is 1. The molecule has 0 radical (unpaired) electrons. The van der Waals surface area contributed by atoms with Gasteiger partial charge in [0, 0.05) is 20.0 Å². The Morgan fingerprint density at radius 2 is 2.24 bits per heavy atom. The number of nitrogens with zero attached hydrogens (tertiary/aromatic N) is 3. The first-order valence-electron chi connectivity index (χ1n) is 8.12. The number of rotatable bonds is 6. The van der Waals surface area contributed by atoms with E-state index in [1.54, 1.807) is 19.1 Å². The molecule has 3 rings (SSSR count). The molecule has 1 aromatic heterocycles. The molecule has 2 heterocycles. The normalized spacial score (nSPS) is 16.6. The van der Waals surface area contributed by atoms with Crippen LogP contribution in [0.4, 0.5) is 0 Å². The van der Waals surface area contributed by atoms with Gasteiger partial charge in [0.2, 0.25) is 11.7 Å². The second kappa shape index (κ2) is 8.82. The topological polar surface area (TPSA) is 80.5 Å². The van der Waals surface area contributed by atoms with Gasteiger partial charge in [-0.15, -0.1) is 12.4 Å². The first-order chi connectivity index (χ1) is 11.7. The van der Waals surface area contributed by atoms with E-state index in [0.29, 0.717) is 28.9 Å². The number of halogens is 1. The van der Waals surface area contributed by atoms with Crippen LogP contribution >= 0.6 is 12.4 Å². The lowest BCUT2D eigenvalue weighted by Gasteiger charge is -2.18. The van der Waals surface area contributed by atoms with Crippen molar-refractivity contribution in [3.05, 3.63) is 41.5 Å². The summed E-state index contributed by atoms with van der Waals surface area (Å²) in [5.41, 5.74) is 0.572. The minimum Gasteiger partial charge on any atom is -0.485 e. The number of ether oxygens (including phenoxy) is 1. The summed E-state index contributed by atoms with van der Waals surface area (Å²) in [5.74, 6) is 2.01. The maximum absolute atomic E-state index is 12.8. The summed E-state index contributed by atoms with van der Waals surface area (Å²) in [6.45, 7) is 4.38. The van der Waals surface area contributed by atoms with Crippen LogP contribution in [0.25, 0.3) is 0 Å². The summed E-state index contributed by atoms with van der Waals surface area (Å²) in [4.78, 5) is 18.8. The van der Waals surface area contributed by atoms with Crippen molar-refractivity contribution < 1.29 is 14.1 Å². The number of nitrogens with one attached hydrogen (secondary N) is 1. The summed E-state index contributed by atoms with van der Waals surface area (Å²) >= 11 is 0. The smallest absolute Gasteiger partial charge is 0.257 e. The van der Waals surface area contributed by atoms with Crippen molar-refractivity contribution >= 4 is 18.3 Å². The number of aryl methyl sites for hydroxylation is 1. The van der Waals surface area contributed by atoms with Crippen molar-refractivity contribution in [2.75, 3.05) is 26.7 Å². The number of amides is 1. The Bertz CT molecular complexity index is 707. The zero-order valence-corrected chi connectivity index (χ0v) is 15.2. The van der Waals surface area contributed by atoms with Crippen LogP contribution in [-0.4, -0.2) is 47.6 Å². The molecular weight excluding hydrogens is 344 g/mol. The molecule has 8 heteroatoms. The number of para-hydroxylation sites is 1. The minimum absolute atomic E-state index is 0. The maximum atomic E-state index is 12.8. The number of likely N-dealkylation sites (tertiary alicyclic amines) is 1. The van der Waals surface area contributed by atoms with Gasteiger partial charge in [0.25, 0.3) is 5.91 Å². The molecule has 1 amide bonds. The highest BCUT2D eigenvalue weighted by atomic mass is 35.5. The summed E-state index contributed by atoms with van der Waals surface area (Å²) in [6.07, 6.45) is 1.03. The summed E-state index contributed by atoms with van der Waals surface area (Å²) in [5, 5.41) is 6.98. The molecule has 7 nitrogen and oxygen atoms in total. The Hall–Kier alpha value is -2.12. The molecule has 0 aliphatic carbocycles. The van der Waals surface area contributed by atoms with Crippen molar-refractivity contribution in [1.82, 2.24) is 20.4 Å². The number of carbonyl (C=O) groups is 1. The van der Waals surface area contributed by atoms with Crippen LogP contribution in [0.1, 0.15) is 28.5 Å². The largest absolute Gasteiger partial charge is 0.485 e. The van der Waals surface area contributed by atoms with Crippen LogP contribution in [0.15, 0.2) is 28.8 Å². The molecule has 1 atom stereocenters. The highest BCUT2D eigenvalue weighted by Crippen LogP contribution is 2.24. The van der Waals surface area contributed by atoms with Crippen LogP contribution in [-0.2, 0) is 6.61 Å². The average Bonchev–Trinajstić information content (AvgIpc) is 3.22. The van der Waals surface area contributed by atoms with Gasteiger partial charge in [-0.3, -0.25) is 4.79 Å². The lowest BCUT2D eigenvalue weighted by atomic mass is 10.1. The lowest BCUT2D eigenvalue weighted by Crippen LogP contribution is -2.30. The molecule has 0 bridgehead atoms. The van der Waals surface area contributed by atoms with E-state index >= 15 is 0 Å². The molecule has 1 fully saturated rings. The lowest BCUT2D eigenvalue weighted by molar-refractivity contribution is 0.0782.